The smallest absolute Gasteiger partial charge is 0.0158 e. The highest BCUT2D eigenvalue weighted by atomic mass is 15.2. The molecule has 4 rings (SSSR count). The second-order valence-corrected chi connectivity index (χ2v) is 7.50. The Morgan fingerprint density at radius 2 is 1.67 bits per heavy atom. The molecule has 3 aliphatic rings. The largest absolute Gasteiger partial charge is 0.330 e. The van der Waals surface area contributed by atoms with Gasteiger partial charge in [0.15, 0.2) is 0 Å². The van der Waals surface area contributed by atoms with Crippen LogP contribution in [0.1, 0.15) is 36.8 Å². The van der Waals surface area contributed by atoms with Crippen LogP contribution >= 0.6 is 0 Å². The summed E-state index contributed by atoms with van der Waals surface area (Å²) in [5.74, 6) is 2.51. The summed E-state index contributed by atoms with van der Waals surface area (Å²) in [7, 11) is 0. The normalized spacial score (nSPS) is 36.2. The monoisotopic (exact) mass is 284 g/mol. The Bertz CT molecular complexity index is 465. The lowest BCUT2D eigenvalue weighted by Gasteiger charge is -2.41. The predicted molar refractivity (Wildman–Crippen MR) is 87.2 cm³/mol. The van der Waals surface area contributed by atoms with Crippen LogP contribution in [0.15, 0.2) is 24.3 Å². The molecular weight excluding hydrogens is 256 g/mol. The molecule has 1 aliphatic heterocycles. The van der Waals surface area contributed by atoms with Crippen LogP contribution in [0.5, 0.6) is 0 Å². The van der Waals surface area contributed by atoms with Gasteiger partial charge in [0.2, 0.25) is 0 Å². The Balaban J connectivity index is 1.57. The lowest BCUT2D eigenvalue weighted by Crippen LogP contribution is -2.48. The summed E-state index contributed by atoms with van der Waals surface area (Å²) in [6.45, 7) is 3.44. The SMILES string of the molecule is NCC1CCCN(C2C3CCC2Cc2ccccc2C3)C1. The molecule has 0 spiro atoms. The van der Waals surface area contributed by atoms with Gasteiger partial charge in [-0.25, -0.2) is 0 Å². The Morgan fingerprint density at radius 1 is 1.00 bits per heavy atom. The van der Waals surface area contributed by atoms with Gasteiger partial charge >= 0.3 is 0 Å². The van der Waals surface area contributed by atoms with Crippen molar-refractivity contribution in [3.63, 3.8) is 0 Å². The fourth-order valence-electron chi connectivity index (χ4n) is 5.28. The van der Waals surface area contributed by atoms with Gasteiger partial charge in [-0.3, -0.25) is 4.90 Å². The molecule has 3 atom stereocenters. The van der Waals surface area contributed by atoms with Gasteiger partial charge in [-0.2, -0.15) is 0 Å². The van der Waals surface area contributed by atoms with Crippen LogP contribution in [-0.4, -0.2) is 30.6 Å². The number of piperidine rings is 1. The molecule has 0 amide bonds. The van der Waals surface area contributed by atoms with Crippen molar-refractivity contribution < 1.29 is 0 Å². The zero-order valence-corrected chi connectivity index (χ0v) is 13.0. The van der Waals surface area contributed by atoms with Crippen molar-refractivity contribution in [2.45, 2.75) is 44.6 Å². The molecule has 2 fully saturated rings. The minimum atomic E-state index is 0.740. The van der Waals surface area contributed by atoms with Crippen molar-refractivity contribution in [2.75, 3.05) is 19.6 Å². The molecule has 2 heteroatoms. The number of nitrogens with zero attached hydrogens (tertiary/aromatic N) is 1. The number of nitrogens with two attached hydrogens (primary N) is 1. The molecule has 2 aliphatic carbocycles. The van der Waals surface area contributed by atoms with E-state index in [1.54, 1.807) is 11.1 Å². The second-order valence-electron chi connectivity index (χ2n) is 7.50. The zero-order valence-electron chi connectivity index (χ0n) is 13.0. The molecule has 0 aromatic heterocycles. The Labute approximate surface area is 128 Å². The first kappa shape index (κ1) is 13.8. The molecule has 1 saturated carbocycles. The van der Waals surface area contributed by atoms with Gasteiger partial charge in [-0.05, 0) is 80.5 Å². The van der Waals surface area contributed by atoms with E-state index in [1.165, 1.54) is 51.6 Å². The molecule has 0 radical (unpaired) electrons. The summed E-state index contributed by atoms with van der Waals surface area (Å²) in [6, 6.07) is 10.0. The summed E-state index contributed by atoms with van der Waals surface area (Å²) in [6.07, 6.45) is 8.18. The molecular formula is C19H28N2. The van der Waals surface area contributed by atoms with Gasteiger partial charge in [0.05, 0.1) is 0 Å². The van der Waals surface area contributed by atoms with E-state index in [-0.39, 0.29) is 0 Å². The van der Waals surface area contributed by atoms with Gasteiger partial charge in [-0.15, -0.1) is 0 Å². The van der Waals surface area contributed by atoms with Crippen LogP contribution < -0.4 is 5.73 Å². The fourth-order valence-corrected chi connectivity index (χ4v) is 5.28. The fraction of sp³-hybridized carbons (Fsp3) is 0.684. The molecule has 1 aromatic rings. The molecule has 2 nitrogen and oxygen atoms in total. The van der Waals surface area contributed by atoms with Crippen LogP contribution in [0.3, 0.4) is 0 Å². The summed E-state index contributed by atoms with van der Waals surface area (Å²) < 4.78 is 0. The highest BCUT2D eigenvalue weighted by Gasteiger charge is 2.42. The highest BCUT2D eigenvalue weighted by molar-refractivity contribution is 5.31. The number of rotatable bonds is 2. The number of benzene rings is 1. The van der Waals surface area contributed by atoms with Crippen molar-refractivity contribution in [1.82, 2.24) is 4.90 Å². The molecule has 2 N–H and O–H groups in total. The predicted octanol–water partition coefficient (Wildman–Crippen LogP) is 2.85. The maximum atomic E-state index is 5.95. The molecule has 1 aromatic carbocycles. The molecule has 3 unspecified atom stereocenters. The molecule has 1 heterocycles. The number of hydrogen-bond donors (Lipinski definition) is 1. The lowest BCUT2D eigenvalue weighted by atomic mass is 9.89. The topological polar surface area (TPSA) is 29.3 Å². The van der Waals surface area contributed by atoms with Crippen molar-refractivity contribution in [2.24, 2.45) is 23.5 Å². The van der Waals surface area contributed by atoms with E-state index >= 15 is 0 Å². The van der Waals surface area contributed by atoms with Crippen LogP contribution in [0.2, 0.25) is 0 Å². The summed E-state index contributed by atoms with van der Waals surface area (Å²) in [5.41, 5.74) is 9.21. The first-order valence-electron chi connectivity index (χ1n) is 8.86. The number of hydrogen-bond acceptors (Lipinski definition) is 2. The van der Waals surface area contributed by atoms with Crippen LogP contribution in [0.4, 0.5) is 0 Å². The van der Waals surface area contributed by atoms with Crippen molar-refractivity contribution >= 4 is 0 Å². The third-order valence-corrected chi connectivity index (χ3v) is 6.26. The van der Waals surface area contributed by atoms with E-state index in [9.17, 15) is 0 Å². The standard InChI is InChI=1S/C19H28N2/c20-12-14-4-3-9-21(13-14)19-17-7-8-18(19)11-16-6-2-1-5-15(16)10-17/h1-2,5-6,14,17-19H,3-4,7-13,20H2. The third kappa shape index (κ3) is 2.53. The van der Waals surface area contributed by atoms with Crippen LogP contribution in [0.25, 0.3) is 0 Å². The van der Waals surface area contributed by atoms with Crippen molar-refractivity contribution in [3.05, 3.63) is 35.4 Å². The van der Waals surface area contributed by atoms with E-state index in [2.05, 4.69) is 29.2 Å². The van der Waals surface area contributed by atoms with E-state index in [1.807, 2.05) is 0 Å². The average Bonchev–Trinajstić information content (AvgIpc) is 2.82. The van der Waals surface area contributed by atoms with E-state index in [4.69, 9.17) is 5.73 Å². The first-order valence-corrected chi connectivity index (χ1v) is 8.86. The van der Waals surface area contributed by atoms with E-state index in [0.717, 1.165) is 30.3 Å². The maximum Gasteiger partial charge on any atom is 0.0158 e. The van der Waals surface area contributed by atoms with Gasteiger partial charge in [0, 0.05) is 12.6 Å². The third-order valence-electron chi connectivity index (χ3n) is 6.26. The zero-order chi connectivity index (χ0) is 14.2. The lowest BCUT2D eigenvalue weighted by molar-refractivity contribution is 0.0792. The van der Waals surface area contributed by atoms with E-state index in [0.29, 0.717) is 0 Å². The van der Waals surface area contributed by atoms with Crippen molar-refractivity contribution in [3.8, 4) is 0 Å². The Kier molecular flexibility index (Phi) is 3.76. The van der Waals surface area contributed by atoms with Gasteiger partial charge in [0.1, 0.15) is 0 Å². The molecule has 21 heavy (non-hydrogen) atoms. The molecule has 114 valence electrons. The van der Waals surface area contributed by atoms with E-state index < -0.39 is 0 Å². The quantitative estimate of drug-likeness (QED) is 0.905. The average molecular weight is 284 g/mol. The van der Waals surface area contributed by atoms with Crippen molar-refractivity contribution in [1.29, 1.82) is 0 Å². The highest BCUT2D eigenvalue weighted by Crippen LogP contribution is 2.43. The van der Waals surface area contributed by atoms with Crippen LogP contribution in [0, 0.1) is 17.8 Å². The summed E-state index contributed by atoms with van der Waals surface area (Å²) >= 11 is 0. The first-order chi connectivity index (χ1) is 10.3. The minimum Gasteiger partial charge on any atom is -0.330 e. The summed E-state index contributed by atoms with van der Waals surface area (Å²) in [4.78, 5) is 2.83. The number of likely N-dealkylation sites (tertiary alicyclic amines) is 1. The minimum absolute atomic E-state index is 0.740. The Morgan fingerprint density at radius 3 is 2.29 bits per heavy atom. The van der Waals surface area contributed by atoms with Gasteiger partial charge in [0.25, 0.3) is 0 Å². The van der Waals surface area contributed by atoms with Crippen LogP contribution in [-0.2, 0) is 12.8 Å². The maximum absolute atomic E-state index is 5.95. The molecule has 2 bridgehead atoms. The second kappa shape index (κ2) is 5.73. The van der Waals surface area contributed by atoms with Gasteiger partial charge < -0.3 is 5.73 Å². The Hall–Kier alpha value is -0.860. The van der Waals surface area contributed by atoms with Gasteiger partial charge in [-0.1, -0.05) is 24.3 Å². The number of fused-ring (bicyclic) bond motifs is 3. The summed E-state index contributed by atoms with van der Waals surface area (Å²) in [5, 5.41) is 0. The molecule has 1 saturated heterocycles.